The fourth-order valence-electron chi connectivity index (χ4n) is 2.70. The third kappa shape index (κ3) is 4.00. The Labute approximate surface area is 152 Å². The summed E-state index contributed by atoms with van der Waals surface area (Å²) in [6.07, 6.45) is 6.98. The number of hydrogen-bond acceptors (Lipinski definition) is 4. The second-order valence-corrected chi connectivity index (χ2v) is 5.67. The van der Waals surface area contributed by atoms with Gasteiger partial charge in [-0.2, -0.15) is 5.10 Å². The molecule has 5 nitrogen and oxygen atoms in total. The number of ether oxygens (including phenoxy) is 2. The molecule has 0 saturated heterocycles. The molecule has 5 heteroatoms. The molecule has 0 fully saturated rings. The van der Waals surface area contributed by atoms with Crippen LogP contribution in [0.5, 0.6) is 11.5 Å². The smallest absolute Gasteiger partial charge is 0.189 e. The van der Waals surface area contributed by atoms with E-state index in [-0.39, 0.29) is 5.78 Å². The van der Waals surface area contributed by atoms with E-state index in [4.69, 9.17) is 9.47 Å². The van der Waals surface area contributed by atoms with E-state index in [0.717, 1.165) is 16.9 Å². The van der Waals surface area contributed by atoms with Gasteiger partial charge < -0.3 is 9.47 Å². The van der Waals surface area contributed by atoms with E-state index in [9.17, 15) is 4.79 Å². The summed E-state index contributed by atoms with van der Waals surface area (Å²) in [7, 11) is 3.20. The zero-order chi connectivity index (χ0) is 18.4. The lowest BCUT2D eigenvalue weighted by molar-refractivity contribution is 0.104. The van der Waals surface area contributed by atoms with Gasteiger partial charge in [0.2, 0.25) is 0 Å². The molecule has 26 heavy (non-hydrogen) atoms. The van der Waals surface area contributed by atoms with Gasteiger partial charge in [-0.25, -0.2) is 0 Å². The molecular formula is C21H20N2O3. The minimum atomic E-state index is -0.105. The predicted molar refractivity (Wildman–Crippen MR) is 101 cm³/mol. The first kappa shape index (κ1) is 17.5. The first-order chi connectivity index (χ1) is 12.7. The fraction of sp³-hybridized carbons (Fsp3) is 0.143. The van der Waals surface area contributed by atoms with Crippen molar-refractivity contribution < 1.29 is 14.3 Å². The van der Waals surface area contributed by atoms with Gasteiger partial charge in [0.25, 0.3) is 0 Å². The third-order valence-corrected chi connectivity index (χ3v) is 4.00. The number of aromatic nitrogens is 2. The molecule has 0 aliphatic heterocycles. The Morgan fingerprint density at radius 1 is 1.08 bits per heavy atom. The van der Waals surface area contributed by atoms with Crippen molar-refractivity contribution in [1.82, 2.24) is 9.78 Å². The number of rotatable bonds is 7. The van der Waals surface area contributed by atoms with Crippen LogP contribution in [0.15, 0.2) is 67.0 Å². The second-order valence-electron chi connectivity index (χ2n) is 5.67. The van der Waals surface area contributed by atoms with E-state index in [1.807, 2.05) is 47.3 Å². The Balaban J connectivity index is 1.83. The summed E-state index contributed by atoms with van der Waals surface area (Å²) in [5.41, 5.74) is 2.44. The Kier molecular flexibility index (Phi) is 5.49. The van der Waals surface area contributed by atoms with Crippen LogP contribution in [0.1, 0.15) is 21.5 Å². The average molecular weight is 348 g/mol. The topological polar surface area (TPSA) is 53.4 Å². The van der Waals surface area contributed by atoms with E-state index in [1.165, 1.54) is 0 Å². The maximum absolute atomic E-state index is 12.5. The molecule has 0 bridgehead atoms. The first-order valence-corrected chi connectivity index (χ1v) is 8.21. The number of allylic oxidation sites excluding steroid dienone is 1. The van der Waals surface area contributed by atoms with Gasteiger partial charge in [-0.05, 0) is 42.0 Å². The van der Waals surface area contributed by atoms with E-state index in [1.54, 1.807) is 44.7 Å². The highest BCUT2D eigenvalue weighted by Gasteiger charge is 2.09. The molecule has 2 aromatic carbocycles. The Bertz CT molecular complexity index is 915. The summed E-state index contributed by atoms with van der Waals surface area (Å²) < 4.78 is 12.5. The van der Waals surface area contributed by atoms with Crippen LogP contribution in [-0.4, -0.2) is 29.8 Å². The van der Waals surface area contributed by atoms with Crippen LogP contribution >= 0.6 is 0 Å². The monoisotopic (exact) mass is 348 g/mol. The molecule has 0 aliphatic carbocycles. The first-order valence-electron chi connectivity index (χ1n) is 8.21. The van der Waals surface area contributed by atoms with Crippen molar-refractivity contribution >= 4 is 11.9 Å². The summed E-state index contributed by atoms with van der Waals surface area (Å²) in [5, 5.41) is 4.22. The molecule has 1 aromatic heterocycles. The number of hydrogen-bond donors (Lipinski definition) is 0. The van der Waals surface area contributed by atoms with Crippen LogP contribution in [0.25, 0.3) is 6.08 Å². The van der Waals surface area contributed by atoms with Crippen LogP contribution in [0.4, 0.5) is 0 Å². The molecule has 0 unspecified atom stereocenters. The molecule has 3 rings (SSSR count). The van der Waals surface area contributed by atoms with Gasteiger partial charge in [0.05, 0.1) is 26.3 Å². The summed E-state index contributed by atoms with van der Waals surface area (Å²) in [6, 6.07) is 14.9. The summed E-state index contributed by atoms with van der Waals surface area (Å²) in [6.45, 7) is 0.596. The van der Waals surface area contributed by atoms with Crippen LogP contribution in [0.2, 0.25) is 0 Å². The lowest BCUT2D eigenvalue weighted by Gasteiger charge is -2.10. The number of methoxy groups -OCH3 is 2. The Morgan fingerprint density at radius 3 is 2.62 bits per heavy atom. The van der Waals surface area contributed by atoms with Crippen LogP contribution in [0, 0.1) is 0 Å². The highest BCUT2D eigenvalue weighted by molar-refractivity contribution is 6.08. The minimum Gasteiger partial charge on any atom is -0.496 e. The molecule has 0 spiro atoms. The van der Waals surface area contributed by atoms with Gasteiger partial charge in [0.15, 0.2) is 5.78 Å². The lowest BCUT2D eigenvalue weighted by atomic mass is 10.1. The average Bonchev–Trinajstić information content (AvgIpc) is 3.19. The SMILES string of the molecule is COc1ccc(/C=C/C(=O)c2ccccc2OC)cc1Cn1cccn1. The van der Waals surface area contributed by atoms with Crippen molar-refractivity contribution in [3.8, 4) is 11.5 Å². The number of para-hydroxylation sites is 1. The van der Waals surface area contributed by atoms with Gasteiger partial charge in [-0.3, -0.25) is 9.48 Å². The number of ketones is 1. The van der Waals surface area contributed by atoms with Gasteiger partial charge in [0, 0.05) is 18.0 Å². The van der Waals surface area contributed by atoms with E-state index in [0.29, 0.717) is 17.9 Å². The summed E-state index contributed by atoms with van der Waals surface area (Å²) >= 11 is 0. The molecule has 0 N–H and O–H groups in total. The van der Waals surface area contributed by atoms with Gasteiger partial charge >= 0.3 is 0 Å². The molecule has 0 saturated carbocycles. The molecule has 0 aliphatic rings. The quantitative estimate of drug-likeness (QED) is 0.481. The molecule has 1 heterocycles. The van der Waals surface area contributed by atoms with Gasteiger partial charge in [-0.1, -0.05) is 24.3 Å². The molecular weight excluding hydrogens is 328 g/mol. The highest BCUT2D eigenvalue weighted by Crippen LogP contribution is 2.22. The van der Waals surface area contributed by atoms with Crippen molar-refractivity contribution in [2.45, 2.75) is 6.54 Å². The Morgan fingerprint density at radius 2 is 1.88 bits per heavy atom. The zero-order valence-electron chi connectivity index (χ0n) is 14.8. The molecule has 0 radical (unpaired) electrons. The maximum Gasteiger partial charge on any atom is 0.189 e. The Hall–Kier alpha value is -3.34. The van der Waals surface area contributed by atoms with Crippen molar-refractivity contribution in [3.63, 3.8) is 0 Å². The number of nitrogens with zero attached hydrogens (tertiary/aromatic N) is 2. The summed E-state index contributed by atoms with van der Waals surface area (Å²) in [5.74, 6) is 1.25. The maximum atomic E-state index is 12.5. The number of carbonyl (C=O) groups is 1. The van der Waals surface area contributed by atoms with E-state index in [2.05, 4.69) is 5.10 Å². The van der Waals surface area contributed by atoms with Gasteiger partial charge in [-0.15, -0.1) is 0 Å². The lowest BCUT2D eigenvalue weighted by Crippen LogP contribution is -2.02. The number of carbonyl (C=O) groups excluding carboxylic acids is 1. The standard InChI is InChI=1S/C21H20N2O3/c1-25-20-11-9-16(14-17(20)15-23-13-5-12-22-23)8-10-19(24)18-6-3-4-7-21(18)26-2/h3-14H,15H2,1-2H3/b10-8+. The fourth-order valence-corrected chi connectivity index (χ4v) is 2.70. The van der Waals surface area contributed by atoms with Gasteiger partial charge in [0.1, 0.15) is 11.5 Å². The van der Waals surface area contributed by atoms with E-state index >= 15 is 0 Å². The third-order valence-electron chi connectivity index (χ3n) is 4.00. The predicted octanol–water partition coefficient (Wildman–Crippen LogP) is 3.84. The van der Waals surface area contributed by atoms with Crippen molar-refractivity contribution in [3.05, 3.63) is 83.7 Å². The molecule has 132 valence electrons. The summed E-state index contributed by atoms with van der Waals surface area (Å²) in [4.78, 5) is 12.5. The molecule has 3 aromatic rings. The zero-order valence-corrected chi connectivity index (χ0v) is 14.8. The van der Waals surface area contributed by atoms with Crippen molar-refractivity contribution in [2.75, 3.05) is 14.2 Å². The molecule has 0 amide bonds. The van der Waals surface area contributed by atoms with Crippen LogP contribution in [-0.2, 0) is 6.54 Å². The van der Waals surface area contributed by atoms with Crippen molar-refractivity contribution in [2.24, 2.45) is 0 Å². The van der Waals surface area contributed by atoms with Crippen LogP contribution < -0.4 is 9.47 Å². The largest absolute Gasteiger partial charge is 0.496 e. The van der Waals surface area contributed by atoms with Crippen LogP contribution in [0.3, 0.4) is 0 Å². The normalized spacial score (nSPS) is 10.8. The minimum absolute atomic E-state index is 0.105. The second kappa shape index (κ2) is 8.16. The number of benzene rings is 2. The highest BCUT2D eigenvalue weighted by atomic mass is 16.5. The van der Waals surface area contributed by atoms with Crippen molar-refractivity contribution in [1.29, 1.82) is 0 Å². The van der Waals surface area contributed by atoms with E-state index < -0.39 is 0 Å². The molecule has 0 atom stereocenters.